The molecule has 0 bridgehead atoms. The lowest BCUT2D eigenvalue weighted by atomic mass is 9.94. The van der Waals surface area contributed by atoms with Crippen LogP contribution < -0.4 is 0 Å². The lowest BCUT2D eigenvalue weighted by Crippen LogP contribution is -1.97. The van der Waals surface area contributed by atoms with Gasteiger partial charge >= 0.3 is 0 Å². The molecule has 51 heavy (non-hydrogen) atoms. The monoisotopic (exact) mass is 649 g/mol. The summed E-state index contributed by atoms with van der Waals surface area (Å²) in [7, 11) is 0. The van der Waals surface area contributed by atoms with Gasteiger partial charge in [0, 0.05) is 45.2 Å². The summed E-state index contributed by atoms with van der Waals surface area (Å²) >= 11 is 0. The van der Waals surface area contributed by atoms with Gasteiger partial charge in [0.1, 0.15) is 5.65 Å². The number of pyridine rings is 2. The zero-order chi connectivity index (χ0) is 33.5. The van der Waals surface area contributed by atoms with Crippen LogP contribution in [0.5, 0.6) is 0 Å². The summed E-state index contributed by atoms with van der Waals surface area (Å²) in [6.07, 6.45) is 3.95. The molecule has 5 heteroatoms. The van der Waals surface area contributed by atoms with Gasteiger partial charge < -0.3 is 0 Å². The zero-order valence-corrected chi connectivity index (χ0v) is 27.3. The molecule has 0 radical (unpaired) electrons. The highest BCUT2D eigenvalue weighted by Crippen LogP contribution is 2.41. The van der Waals surface area contributed by atoms with E-state index in [-0.39, 0.29) is 0 Å². The molecule has 236 valence electrons. The van der Waals surface area contributed by atoms with Gasteiger partial charge in [-0.05, 0) is 75.5 Å². The third-order valence-corrected chi connectivity index (χ3v) is 10.2. The minimum Gasteiger partial charge on any atom is -0.299 e. The molecule has 0 saturated carbocycles. The second-order valence-corrected chi connectivity index (χ2v) is 13.1. The van der Waals surface area contributed by atoms with Gasteiger partial charge in [0.05, 0.1) is 39.1 Å². The van der Waals surface area contributed by atoms with Crippen molar-refractivity contribution in [1.29, 1.82) is 0 Å². The highest BCUT2D eigenvalue weighted by Gasteiger charge is 2.19. The summed E-state index contributed by atoms with van der Waals surface area (Å²) in [4.78, 5) is 20.7. The average molecular weight is 650 g/mol. The second kappa shape index (κ2) is 10.8. The molecule has 0 atom stereocenters. The third-order valence-electron chi connectivity index (χ3n) is 10.2. The summed E-state index contributed by atoms with van der Waals surface area (Å²) in [6.45, 7) is 0. The Labute approximate surface area is 292 Å². The number of fused-ring (bicyclic) bond motifs is 12. The van der Waals surface area contributed by atoms with Crippen molar-refractivity contribution in [3.8, 4) is 33.8 Å². The van der Waals surface area contributed by atoms with Crippen LogP contribution in [0.1, 0.15) is 0 Å². The van der Waals surface area contributed by atoms with E-state index in [1.807, 2.05) is 24.4 Å². The predicted molar refractivity (Wildman–Crippen MR) is 210 cm³/mol. The highest BCUT2D eigenvalue weighted by atomic mass is 15.0. The van der Waals surface area contributed by atoms with E-state index in [1.54, 1.807) is 0 Å². The number of imidazole rings is 1. The quantitative estimate of drug-likeness (QED) is 0.179. The first-order chi connectivity index (χ1) is 25.3. The molecule has 11 rings (SSSR count). The summed E-state index contributed by atoms with van der Waals surface area (Å²) in [5.41, 5.74) is 10.5. The van der Waals surface area contributed by atoms with Crippen LogP contribution >= 0.6 is 0 Å². The molecule has 0 aliphatic rings. The fourth-order valence-corrected chi connectivity index (χ4v) is 7.76. The maximum atomic E-state index is 5.49. The normalized spacial score (nSPS) is 11.9. The summed E-state index contributed by atoms with van der Waals surface area (Å²) < 4.78 is 2.20. The first-order valence-electron chi connectivity index (χ1n) is 17.1. The van der Waals surface area contributed by atoms with Crippen LogP contribution in [0.25, 0.3) is 105 Å². The van der Waals surface area contributed by atoms with E-state index in [4.69, 9.17) is 15.0 Å². The molecule has 0 N–H and O–H groups in total. The van der Waals surface area contributed by atoms with E-state index in [1.165, 1.54) is 10.8 Å². The molecule has 7 aromatic carbocycles. The SMILES string of the molecule is c1ccc(-c2ccc3c(c2)c2cc(-c4nc5c(ccc6ccccc65)nc4-c4ccc5ccccc5c4)ccc2c2c3nc3ccccn32)nc1. The van der Waals surface area contributed by atoms with Crippen molar-refractivity contribution in [1.82, 2.24) is 24.3 Å². The fourth-order valence-electron chi connectivity index (χ4n) is 7.76. The minimum absolute atomic E-state index is 0.850. The highest BCUT2D eigenvalue weighted by molar-refractivity contribution is 6.25. The van der Waals surface area contributed by atoms with E-state index in [9.17, 15) is 0 Å². The zero-order valence-electron chi connectivity index (χ0n) is 27.3. The van der Waals surface area contributed by atoms with Crippen LogP contribution in [0, 0.1) is 0 Å². The lowest BCUT2D eigenvalue weighted by Gasteiger charge is -2.15. The third kappa shape index (κ3) is 4.28. The Morgan fingerprint density at radius 3 is 2.04 bits per heavy atom. The molecule has 5 nitrogen and oxygen atoms in total. The molecule has 4 heterocycles. The second-order valence-electron chi connectivity index (χ2n) is 13.1. The molecule has 11 aromatic rings. The van der Waals surface area contributed by atoms with Gasteiger partial charge in [-0.1, -0.05) is 103 Å². The molecular formula is C46H27N5. The van der Waals surface area contributed by atoms with Gasteiger partial charge in [-0.15, -0.1) is 0 Å². The van der Waals surface area contributed by atoms with Gasteiger partial charge in [0.2, 0.25) is 0 Å². The van der Waals surface area contributed by atoms with Crippen LogP contribution in [0.3, 0.4) is 0 Å². The van der Waals surface area contributed by atoms with Crippen molar-refractivity contribution in [3.05, 3.63) is 164 Å². The fraction of sp³-hybridized carbons (Fsp3) is 0. The molecule has 4 aromatic heterocycles. The van der Waals surface area contributed by atoms with Crippen LogP contribution in [-0.4, -0.2) is 24.3 Å². The summed E-state index contributed by atoms with van der Waals surface area (Å²) in [5.74, 6) is 0. The molecular weight excluding hydrogens is 623 g/mol. The maximum Gasteiger partial charge on any atom is 0.137 e. The molecule has 0 fully saturated rings. The molecule has 0 saturated heterocycles. The topological polar surface area (TPSA) is 56.0 Å². The molecule has 0 aliphatic heterocycles. The van der Waals surface area contributed by atoms with E-state index in [2.05, 4.69) is 149 Å². The van der Waals surface area contributed by atoms with Crippen molar-refractivity contribution in [2.45, 2.75) is 0 Å². The van der Waals surface area contributed by atoms with Crippen LogP contribution in [0.4, 0.5) is 0 Å². The number of nitrogens with zero attached hydrogens (tertiary/aromatic N) is 5. The van der Waals surface area contributed by atoms with E-state index >= 15 is 0 Å². The Morgan fingerprint density at radius 1 is 0.412 bits per heavy atom. The van der Waals surface area contributed by atoms with E-state index < -0.39 is 0 Å². The predicted octanol–water partition coefficient (Wildman–Crippen LogP) is 11.4. The Morgan fingerprint density at radius 2 is 1.12 bits per heavy atom. The molecule has 0 unspecified atom stereocenters. The number of hydrogen-bond acceptors (Lipinski definition) is 4. The summed E-state index contributed by atoms with van der Waals surface area (Å²) in [5, 5.41) is 9.08. The van der Waals surface area contributed by atoms with Gasteiger partial charge in [-0.3, -0.25) is 9.38 Å². The van der Waals surface area contributed by atoms with Crippen molar-refractivity contribution >= 4 is 70.8 Å². The smallest absolute Gasteiger partial charge is 0.137 e. The Balaban J connectivity index is 1.25. The van der Waals surface area contributed by atoms with Gasteiger partial charge in [0.25, 0.3) is 0 Å². The van der Waals surface area contributed by atoms with Crippen LogP contribution in [-0.2, 0) is 0 Å². The van der Waals surface area contributed by atoms with Crippen molar-refractivity contribution < 1.29 is 0 Å². The van der Waals surface area contributed by atoms with E-state index in [0.29, 0.717) is 0 Å². The standard InChI is InChI=1S/C46H27N5/c1-2-11-30-25-32(16-15-28(30)9-1)42-43(50-44-34-12-4-3-10-29(34)19-22-40(44)48-42)33-18-21-36-38(27-33)37-26-31(39-13-5-7-23-47-39)17-20-35(37)45-46(36)51-24-8-6-14-41(51)49-45/h1-27H. The largest absolute Gasteiger partial charge is 0.299 e. The first kappa shape index (κ1) is 27.9. The van der Waals surface area contributed by atoms with Crippen molar-refractivity contribution in [2.24, 2.45) is 0 Å². The number of aromatic nitrogens is 5. The lowest BCUT2D eigenvalue weighted by molar-refractivity contribution is 1.23. The number of hydrogen-bond donors (Lipinski definition) is 0. The first-order valence-corrected chi connectivity index (χ1v) is 17.1. The van der Waals surface area contributed by atoms with Gasteiger partial charge in [0.15, 0.2) is 0 Å². The Kier molecular flexibility index (Phi) is 5.89. The Bertz CT molecular complexity index is 3200. The van der Waals surface area contributed by atoms with Crippen LogP contribution in [0.2, 0.25) is 0 Å². The molecule has 0 aliphatic carbocycles. The Hall–Kier alpha value is -6.98. The summed E-state index contributed by atoms with van der Waals surface area (Å²) in [6, 6.07) is 53.2. The average Bonchev–Trinajstić information content (AvgIpc) is 3.60. The minimum atomic E-state index is 0.850. The van der Waals surface area contributed by atoms with Crippen LogP contribution in [0.15, 0.2) is 164 Å². The number of rotatable bonds is 3. The van der Waals surface area contributed by atoms with Crippen molar-refractivity contribution in [3.63, 3.8) is 0 Å². The van der Waals surface area contributed by atoms with E-state index in [0.717, 1.165) is 93.8 Å². The molecule has 0 amide bonds. The van der Waals surface area contributed by atoms with Crippen molar-refractivity contribution in [2.75, 3.05) is 0 Å². The van der Waals surface area contributed by atoms with Gasteiger partial charge in [-0.25, -0.2) is 15.0 Å². The van der Waals surface area contributed by atoms with Gasteiger partial charge in [-0.2, -0.15) is 0 Å². The maximum absolute atomic E-state index is 5.49. The molecule has 0 spiro atoms. The number of benzene rings is 7.